The third-order valence-electron chi connectivity index (χ3n) is 3.73. The molecule has 1 saturated heterocycles. The van der Waals surface area contributed by atoms with Gasteiger partial charge in [0.05, 0.1) is 6.10 Å². The van der Waals surface area contributed by atoms with Gasteiger partial charge in [-0.05, 0) is 37.3 Å². The van der Waals surface area contributed by atoms with Gasteiger partial charge in [0.1, 0.15) is 0 Å². The second kappa shape index (κ2) is 8.25. The predicted octanol–water partition coefficient (Wildman–Crippen LogP) is 3.09. The molecule has 0 aliphatic carbocycles. The van der Waals surface area contributed by atoms with E-state index in [2.05, 4.69) is 5.32 Å². The average Bonchev–Trinajstić information content (AvgIpc) is 2.50. The zero-order valence-electron chi connectivity index (χ0n) is 12.5. The lowest BCUT2D eigenvalue weighted by Gasteiger charge is -2.27. The maximum absolute atomic E-state index is 12.0. The number of amides is 2. The number of carbonyl (C=O) groups excluding carboxylic acids is 1. The van der Waals surface area contributed by atoms with E-state index in [0.29, 0.717) is 13.1 Å². The molecule has 1 aliphatic rings. The fourth-order valence-electron chi connectivity index (χ4n) is 2.48. The molecular formula is C16H23ClN2O2. The number of halogens is 1. The maximum atomic E-state index is 12.0. The molecule has 1 atom stereocenters. The first kappa shape index (κ1) is 16.1. The molecule has 4 nitrogen and oxygen atoms in total. The highest BCUT2D eigenvalue weighted by molar-refractivity contribution is 6.31. The van der Waals surface area contributed by atoms with Crippen LogP contribution in [-0.2, 0) is 11.2 Å². The van der Waals surface area contributed by atoms with Crippen molar-refractivity contribution in [3.8, 4) is 0 Å². The van der Waals surface area contributed by atoms with Crippen molar-refractivity contribution in [2.75, 3.05) is 26.7 Å². The van der Waals surface area contributed by atoms with E-state index in [0.717, 1.165) is 36.5 Å². The minimum atomic E-state index is -0.0590. The van der Waals surface area contributed by atoms with Gasteiger partial charge in [-0.1, -0.05) is 29.8 Å². The Kier molecular flexibility index (Phi) is 6.33. The minimum Gasteiger partial charge on any atom is -0.376 e. The summed E-state index contributed by atoms with van der Waals surface area (Å²) in [7, 11) is 1.81. The summed E-state index contributed by atoms with van der Waals surface area (Å²) in [4.78, 5) is 13.7. The van der Waals surface area contributed by atoms with E-state index in [1.54, 1.807) is 4.90 Å². The third kappa shape index (κ3) is 5.21. The summed E-state index contributed by atoms with van der Waals surface area (Å²) >= 11 is 6.09. The van der Waals surface area contributed by atoms with Crippen LogP contribution < -0.4 is 5.32 Å². The highest BCUT2D eigenvalue weighted by Crippen LogP contribution is 2.15. The normalized spacial score (nSPS) is 18.3. The first-order valence-corrected chi connectivity index (χ1v) is 7.88. The second-order valence-electron chi connectivity index (χ2n) is 5.44. The molecule has 0 radical (unpaired) electrons. The van der Waals surface area contributed by atoms with Crippen LogP contribution in [0.15, 0.2) is 24.3 Å². The number of benzene rings is 1. The van der Waals surface area contributed by atoms with Gasteiger partial charge in [0, 0.05) is 31.8 Å². The molecule has 2 amide bonds. The van der Waals surface area contributed by atoms with Crippen molar-refractivity contribution in [1.82, 2.24) is 10.2 Å². The summed E-state index contributed by atoms with van der Waals surface area (Å²) in [6.07, 6.45) is 4.27. The lowest BCUT2D eigenvalue weighted by atomic mass is 10.1. The molecule has 1 N–H and O–H groups in total. The SMILES string of the molecule is CN(CC1CCCCO1)C(=O)NCCc1ccccc1Cl. The highest BCUT2D eigenvalue weighted by atomic mass is 35.5. The zero-order chi connectivity index (χ0) is 15.1. The lowest BCUT2D eigenvalue weighted by Crippen LogP contribution is -2.43. The number of rotatable bonds is 5. The zero-order valence-corrected chi connectivity index (χ0v) is 13.2. The molecule has 1 fully saturated rings. The van der Waals surface area contributed by atoms with Gasteiger partial charge in [-0.2, -0.15) is 0 Å². The van der Waals surface area contributed by atoms with Gasteiger partial charge in [0.25, 0.3) is 0 Å². The molecule has 1 aromatic carbocycles. The Morgan fingerprint density at radius 1 is 1.43 bits per heavy atom. The highest BCUT2D eigenvalue weighted by Gasteiger charge is 2.18. The number of nitrogens with zero attached hydrogens (tertiary/aromatic N) is 1. The number of hydrogen-bond donors (Lipinski definition) is 1. The average molecular weight is 311 g/mol. The molecule has 0 spiro atoms. The molecule has 0 aromatic heterocycles. The number of nitrogens with one attached hydrogen (secondary N) is 1. The monoisotopic (exact) mass is 310 g/mol. The quantitative estimate of drug-likeness (QED) is 0.908. The smallest absolute Gasteiger partial charge is 0.317 e. The summed E-state index contributed by atoms with van der Waals surface area (Å²) < 4.78 is 5.65. The fraction of sp³-hybridized carbons (Fsp3) is 0.562. The molecule has 1 aromatic rings. The van der Waals surface area contributed by atoms with E-state index in [-0.39, 0.29) is 12.1 Å². The van der Waals surface area contributed by atoms with E-state index in [1.165, 1.54) is 6.42 Å². The number of carbonyl (C=O) groups is 1. The topological polar surface area (TPSA) is 41.6 Å². The molecule has 116 valence electrons. The van der Waals surface area contributed by atoms with E-state index >= 15 is 0 Å². The Labute approximate surface area is 131 Å². The number of urea groups is 1. The fourth-order valence-corrected chi connectivity index (χ4v) is 2.71. The van der Waals surface area contributed by atoms with Crippen LogP contribution in [0.4, 0.5) is 4.79 Å². The van der Waals surface area contributed by atoms with Crippen molar-refractivity contribution >= 4 is 17.6 Å². The summed E-state index contributed by atoms with van der Waals surface area (Å²) in [5, 5.41) is 3.67. The molecule has 1 unspecified atom stereocenters. The summed E-state index contributed by atoms with van der Waals surface area (Å²) in [6, 6.07) is 7.65. The third-order valence-corrected chi connectivity index (χ3v) is 4.10. The maximum Gasteiger partial charge on any atom is 0.317 e. The van der Waals surface area contributed by atoms with E-state index < -0.39 is 0 Å². The van der Waals surface area contributed by atoms with Crippen LogP contribution in [0.1, 0.15) is 24.8 Å². The van der Waals surface area contributed by atoms with Crippen LogP contribution in [0, 0.1) is 0 Å². The van der Waals surface area contributed by atoms with E-state index in [4.69, 9.17) is 16.3 Å². The summed E-state index contributed by atoms with van der Waals surface area (Å²) in [6.45, 7) is 2.04. The van der Waals surface area contributed by atoms with Crippen molar-refractivity contribution in [1.29, 1.82) is 0 Å². The van der Waals surface area contributed by atoms with E-state index in [9.17, 15) is 4.79 Å². The first-order chi connectivity index (χ1) is 10.2. The van der Waals surface area contributed by atoms with Gasteiger partial charge in [0.2, 0.25) is 0 Å². The summed E-state index contributed by atoms with van der Waals surface area (Å²) in [5.74, 6) is 0. The Morgan fingerprint density at radius 3 is 2.95 bits per heavy atom. The molecule has 1 aliphatic heterocycles. The second-order valence-corrected chi connectivity index (χ2v) is 5.85. The number of likely N-dealkylation sites (N-methyl/N-ethyl adjacent to an activating group) is 1. The Bertz CT molecular complexity index is 461. The van der Waals surface area contributed by atoms with Crippen molar-refractivity contribution in [3.63, 3.8) is 0 Å². The van der Waals surface area contributed by atoms with Crippen molar-refractivity contribution < 1.29 is 9.53 Å². The van der Waals surface area contributed by atoms with Crippen molar-refractivity contribution in [3.05, 3.63) is 34.9 Å². The Balaban J connectivity index is 1.70. The molecule has 1 heterocycles. The largest absolute Gasteiger partial charge is 0.376 e. The van der Waals surface area contributed by atoms with Crippen molar-refractivity contribution in [2.45, 2.75) is 31.8 Å². The Hall–Kier alpha value is -1.26. The van der Waals surface area contributed by atoms with Gasteiger partial charge in [-0.15, -0.1) is 0 Å². The standard InChI is InChI=1S/C16H23ClN2O2/c1-19(12-14-7-4-5-11-21-14)16(20)18-10-9-13-6-2-3-8-15(13)17/h2-3,6,8,14H,4-5,7,9-12H2,1H3,(H,18,20). The first-order valence-electron chi connectivity index (χ1n) is 7.51. The predicted molar refractivity (Wildman–Crippen MR) is 84.8 cm³/mol. The summed E-state index contributed by atoms with van der Waals surface area (Å²) in [5.41, 5.74) is 1.05. The van der Waals surface area contributed by atoms with Crippen LogP contribution in [0.25, 0.3) is 0 Å². The van der Waals surface area contributed by atoms with Gasteiger partial charge >= 0.3 is 6.03 Å². The van der Waals surface area contributed by atoms with Crippen LogP contribution in [0.2, 0.25) is 5.02 Å². The van der Waals surface area contributed by atoms with Crippen LogP contribution >= 0.6 is 11.6 Å². The molecule has 2 rings (SSSR count). The van der Waals surface area contributed by atoms with Crippen molar-refractivity contribution in [2.24, 2.45) is 0 Å². The van der Waals surface area contributed by atoms with Crippen LogP contribution in [0.5, 0.6) is 0 Å². The molecule has 0 saturated carbocycles. The number of ether oxygens (including phenoxy) is 1. The number of hydrogen-bond acceptors (Lipinski definition) is 2. The molecular weight excluding hydrogens is 288 g/mol. The van der Waals surface area contributed by atoms with Gasteiger partial charge in [-0.3, -0.25) is 0 Å². The molecule has 0 bridgehead atoms. The molecule has 5 heteroatoms. The molecule has 21 heavy (non-hydrogen) atoms. The Morgan fingerprint density at radius 2 is 2.24 bits per heavy atom. The minimum absolute atomic E-state index is 0.0590. The van der Waals surface area contributed by atoms with Crippen LogP contribution in [-0.4, -0.2) is 43.8 Å². The van der Waals surface area contributed by atoms with E-state index in [1.807, 2.05) is 31.3 Å². The van der Waals surface area contributed by atoms with Gasteiger partial charge in [0.15, 0.2) is 0 Å². The van der Waals surface area contributed by atoms with Gasteiger partial charge < -0.3 is 15.0 Å². The lowest BCUT2D eigenvalue weighted by molar-refractivity contribution is 0.00388. The van der Waals surface area contributed by atoms with Gasteiger partial charge in [-0.25, -0.2) is 4.79 Å². The van der Waals surface area contributed by atoms with Crippen LogP contribution in [0.3, 0.4) is 0 Å².